The van der Waals surface area contributed by atoms with E-state index >= 15 is 0 Å². The number of hydrogen-bond acceptors (Lipinski definition) is 5. The van der Waals surface area contributed by atoms with Crippen molar-refractivity contribution in [2.75, 3.05) is 32.5 Å². The molecule has 6 nitrogen and oxygen atoms in total. The van der Waals surface area contributed by atoms with Crippen molar-refractivity contribution >= 4 is 22.3 Å². The lowest BCUT2D eigenvalue weighted by atomic mass is 10.1. The molecule has 6 heteroatoms. The van der Waals surface area contributed by atoms with Crippen molar-refractivity contribution in [2.45, 2.75) is 20.8 Å². The van der Waals surface area contributed by atoms with Gasteiger partial charge in [0.2, 0.25) is 0 Å². The van der Waals surface area contributed by atoms with Crippen molar-refractivity contribution in [2.24, 2.45) is 0 Å². The monoisotopic (exact) mass is 304 g/mol. The lowest BCUT2D eigenvalue weighted by Crippen LogP contribution is -2.21. The third-order valence-electron chi connectivity index (χ3n) is 3.06. The number of nitro groups is 1. The molecule has 22 heavy (non-hydrogen) atoms. The van der Waals surface area contributed by atoms with Gasteiger partial charge in [0.1, 0.15) is 11.9 Å². The van der Waals surface area contributed by atoms with Crippen molar-refractivity contribution in [1.82, 2.24) is 9.88 Å². The van der Waals surface area contributed by atoms with E-state index in [9.17, 15) is 10.1 Å². The first-order valence-electron chi connectivity index (χ1n) is 7.41. The van der Waals surface area contributed by atoms with Crippen LogP contribution in [0.3, 0.4) is 0 Å². The molecule has 1 aromatic heterocycles. The summed E-state index contributed by atoms with van der Waals surface area (Å²) in [6.07, 6.45) is 1.32. The predicted molar refractivity (Wildman–Crippen MR) is 91.5 cm³/mol. The molecule has 0 radical (unpaired) electrons. The third-order valence-corrected chi connectivity index (χ3v) is 3.06. The van der Waals surface area contributed by atoms with Gasteiger partial charge in [0.15, 0.2) is 0 Å². The molecule has 0 aliphatic carbocycles. The quantitative estimate of drug-likeness (QED) is 0.676. The van der Waals surface area contributed by atoms with Crippen LogP contribution < -0.4 is 5.32 Å². The van der Waals surface area contributed by atoms with Crippen LogP contribution in [0, 0.1) is 17.0 Å². The van der Waals surface area contributed by atoms with Gasteiger partial charge in [-0.3, -0.25) is 10.1 Å². The number of aryl methyl sites for hydroxylation is 1. The highest BCUT2D eigenvalue weighted by Crippen LogP contribution is 2.31. The number of likely N-dealkylation sites (N-methyl/N-ethyl adjacent to an activating group) is 1. The number of nitrogens with zero attached hydrogens (tertiary/aromatic N) is 3. The van der Waals surface area contributed by atoms with Crippen molar-refractivity contribution < 1.29 is 4.92 Å². The molecule has 0 unspecified atom stereocenters. The summed E-state index contributed by atoms with van der Waals surface area (Å²) in [6.45, 7) is 7.40. The topological polar surface area (TPSA) is 71.3 Å². The van der Waals surface area contributed by atoms with Gasteiger partial charge in [0.05, 0.1) is 10.4 Å². The Morgan fingerprint density at radius 1 is 1.32 bits per heavy atom. The number of rotatable bonds is 5. The van der Waals surface area contributed by atoms with E-state index in [1.54, 1.807) is 0 Å². The summed E-state index contributed by atoms with van der Waals surface area (Å²) in [5.74, 6) is 0. The molecule has 1 aromatic carbocycles. The summed E-state index contributed by atoms with van der Waals surface area (Å²) in [4.78, 5) is 16.9. The molecule has 0 spiro atoms. The maximum atomic E-state index is 11.2. The normalized spacial score (nSPS) is 10.3. The molecule has 2 rings (SSSR count). The van der Waals surface area contributed by atoms with Crippen LogP contribution in [-0.4, -0.2) is 42.0 Å². The number of nitrogens with one attached hydrogen (secondary N) is 1. The van der Waals surface area contributed by atoms with Crippen molar-refractivity contribution in [3.05, 3.63) is 40.1 Å². The Labute approximate surface area is 131 Å². The fraction of sp³-hybridized carbons (Fsp3) is 0.438. The Bertz CT molecular complexity index is 641. The van der Waals surface area contributed by atoms with Gasteiger partial charge in [0.25, 0.3) is 0 Å². The van der Waals surface area contributed by atoms with Gasteiger partial charge < -0.3 is 10.2 Å². The molecular weight excluding hydrogens is 280 g/mol. The fourth-order valence-electron chi connectivity index (χ4n) is 2.02. The smallest absolute Gasteiger partial charge is 0.311 e. The molecule has 1 heterocycles. The van der Waals surface area contributed by atoms with E-state index < -0.39 is 4.92 Å². The van der Waals surface area contributed by atoms with Crippen LogP contribution in [0.2, 0.25) is 0 Å². The average molecular weight is 304 g/mol. The van der Waals surface area contributed by atoms with Gasteiger partial charge in [-0.1, -0.05) is 25.5 Å². The van der Waals surface area contributed by atoms with Crippen molar-refractivity contribution in [3.63, 3.8) is 0 Å². The van der Waals surface area contributed by atoms with Crippen LogP contribution in [0.1, 0.15) is 19.4 Å². The number of hydrogen-bond donors (Lipinski definition) is 1. The van der Waals surface area contributed by atoms with Crippen LogP contribution in [0.25, 0.3) is 10.9 Å². The minimum absolute atomic E-state index is 0.0156. The second-order valence-electron chi connectivity index (χ2n) is 5.03. The highest BCUT2D eigenvalue weighted by Gasteiger charge is 2.17. The van der Waals surface area contributed by atoms with E-state index in [0.29, 0.717) is 12.2 Å². The summed E-state index contributed by atoms with van der Waals surface area (Å²) in [5, 5.41) is 15.1. The summed E-state index contributed by atoms with van der Waals surface area (Å²) in [7, 11) is 3.93. The van der Waals surface area contributed by atoms with E-state index in [2.05, 4.69) is 10.3 Å². The average Bonchev–Trinajstić information content (AvgIpc) is 2.48. The molecule has 120 valence electrons. The molecule has 2 aromatic rings. The van der Waals surface area contributed by atoms with Crippen LogP contribution in [-0.2, 0) is 0 Å². The van der Waals surface area contributed by atoms with Gasteiger partial charge in [-0.05, 0) is 33.2 Å². The minimum Gasteiger partial charge on any atom is -0.378 e. The Kier molecular flexibility index (Phi) is 6.72. The van der Waals surface area contributed by atoms with Crippen LogP contribution >= 0.6 is 0 Å². The van der Waals surface area contributed by atoms with E-state index in [0.717, 1.165) is 23.0 Å². The molecular formula is C16H24N4O2. The zero-order chi connectivity index (χ0) is 16.7. The highest BCUT2D eigenvalue weighted by molar-refractivity contribution is 5.96. The van der Waals surface area contributed by atoms with Gasteiger partial charge in [-0.15, -0.1) is 0 Å². The summed E-state index contributed by atoms with van der Waals surface area (Å²) < 4.78 is 0. The highest BCUT2D eigenvalue weighted by atomic mass is 16.6. The van der Waals surface area contributed by atoms with E-state index in [1.807, 2.05) is 58.0 Å². The van der Waals surface area contributed by atoms with Crippen molar-refractivity contribution in [3.8, 4) is 0 Å². The van der Waals surface area contributed by atoms with Gasteiger partial charge in [-0.2, -0.15) is 0 Å². The largest absolute Gasteiger partial charge is 0.378 e. The van der Waals surface area contributed by atoms with Crippen molar-refractivity contribution in [1.29, 1.82) is 0 Å². The van der Waals surface area contributed by atoms with E-state index in [-0.39, 0.29) is 5.69 Å². The molecule has 0 saturated carbocycles. The van der Waals surface area contributed by atoms with E-state index in [1.165, 1.54) is 6.20 Å². The first kappa shape index (κ1) is 17.8. The Morgan fingerprint density at radius 2 is 2.00 bits per heavy atom. The SMILES string of the molecule is CC.Cc1ccc2ncc([N+](=O)[O-])c(NCCN(C)C)c2c1. The van der Waals surface area contributed by atoms with Crippen LogP contribution in [0.5, 0.6) is 0 Å². The summed E-state index contributed by atoms with van der Waals surface area (Å²) in [6, 6.07) is 5.75. The van der Waals surface area contributed by atoms with Gasteiger partial charge >= 0.3 is 5.69 Å². The minimum atomic E-state index is -0.396. The molecule has 0 aliphatic rings. The number of benzene rings is 1. The van der Waals surface area contributed by atoms with E-state index in [4.69, 9.17) is 0 Å². The summed E-state index contributed by atoms with van der Waals surface area (Å²) >= 11 is 0. The second kappa shape index (κ2) is 8.29. The third kappa shape index (κ3) is 4.39. The second-order valence-corrected chi connectivity index (χ2v) is 5.03. The maximum absolute atomic E-state index is 11.2. The number of aromatic nitrogens is 1. The van der Waals surface area contributed by atoms with Crippen LogP contribution in [0.4, 0.5) is 11.4 Å². The standard InChI is InChI=1S/C14H18N4O2.C2H6/c1-10-4-5-12-11(8-10)14(15-6-7-17(2)3)13(9-16-12)18(19)20;1-2/h4-5,8-9H,6-7H2,1-3H3,(H,15,16);1-2H3. The molecule has 0 fully saturated rings. The Balaban J connectivity index is 0.00000116. The van der Waals surface area contributed by atoms with Crippen LogP contribution in [0.15, 0.2) is 24.4 Å². The lowest BCUT2D eigenvalue weighted by Gasteiger charge is -2.13. The fourth-order valence-corrected chi connectivity index (χ4v) is 2.02. The number of fused-ring (bicyclic) bond motifs is 1. The van der Waals surface area contributed by atoms with Gasteiger partial charge in [-0.25, -0.2) is 4.98 Å². The zero-order valence-electron chi connectivity index (χ0n) is 13.9. The zero-order valence-corrected chi connectivity index (χ0v) is 13.9. The molecule has 0 amide bonds. The first-order valence-corrected chi connectivity index (χ1v) is 7.41. The summed E-state index contributed by atoms with van der Waals surface area (Å²) in [5.41, 5.74) is 2.37. The number of pyridine rings is 1. The molecule has 1 N–H and O–H groups in total. The predicted octanol–water partition coefficient (Wildman–Crippen LogP) is 3.45. The lowest BCUT2D eigenvalue weighted by molar-refractivity contribution is -0.384. The maximum Gasteiger partial charge on any atom is 0.311 e. The molecule has 0 bridgehead atoms. The Morgan fingerprint density at radius 3 is 2.59 bits per heavy atom. The molecule has 0 saturated heterocycles. The van der Waals surface area contributed by atoms with Gasteiger partial charge in [0, 0.05) is 18.5 Å². The molecule has 0 atom stereocenters. The first-order chi connectivity index (χ1) is 10.5. The molecule has 0 aliphatic heterocycles. The number of anilines is 1. The Hall–Kier alpha value is -2.21.